The summed E-state index contributed by atoms with van der Waals surface area (Å²) in [7, 11) is 0. The van der Waals surface area contributed by atoms with E-state index in [-0.39, 0.29) is 23.5 Å². The van der Waals surface area contributed by atoms with E-state index in [1.165, 1.54) is 18.6 Å². The van der Waals surface area contributed by atoms with Crippen LogP contribution < -0.4 is 20.7 Å². The molecule has 3 aromatic heterocycles. The number of H-pyrrole nitrogens is 1. The number of aromatic amines is 1. The SMILES string of the molecule is C=CC(=O)Nc1cccc(Oc2cnc3[nH]cc(-c4cncc(NC(C(=O)NCC(F)(F)F)C(C)C)n4)c3n2)c1. The van der Waals surface area contributed by atoms with Crippen molar-refractivity contribution in [1.82, 2.24) is 30.2 Å². The van der Waals surface area contributed by atoms with Gasteiger partial charge in [0.1, 0.15) is 29.7 Å². The number of halogens is 3. The summed E-state index contributed by atoms with van der Waals surface area (Å²) in [5.74, 6) is -0.763. The second-order valence-corrected chi connectivity index (χ2v) is 8.92. The maximum Gasteiger partial charge on any atom is 0.405 e. The van der Waals surface area contributed by atoms with E-state index in [4.69, 9.17) is 4.74 Å². The highest BCUT2D eigenvalue weighted by Gasteiger charge is 2.30. The minimum atomic E-state index is -4.53. The Hall–Kier alpha value is -5.01. The van der Waals surface area contributed by atoms with Crippen LogP contribution in [-0.4, -0.2) is 55.5 Å². The van der Waals surface area contributed by atoms with Crippen molar-refractivity contribution >= 4 is 34.5 Å². The number of alkyl halides is 3. The van der Waals surface area contributed by atoms with Crippen molar-refractivity contribution < 1.29 is 27.5 Å². The number of amides is 2. The number of hydrogen-bond donors (Lipinski definition) is 4. The highest BCUT2D eigenvalue weighted by Crippen LogP contribution is 2.29. The lowest BCUT2D eigenvalue weighted by Crippen LogP contribution is -2.46. The Labute approximate surface area is 226 Å². The lowest BCUT2D eigenvalue weighted by Gasteiger charge is -2.22. The number of aromatic nitrogens is 5. The molecule has 0 spiro atoms. The molecule has 4 N–H and O–H groups in total. The topological polar surface area (TPSA) is 147 Å². The van der Waals surface area contributed by atoms with Gasteiger partial charge in [0.2, 0.25) is 17.7 Å². The van der Waals surface area contributed by atoms with E-state index in [0.717, 1.165) is 6.08 Å². The van der Waals surface area contributed by atoms with E-state index in [2.05, 4.69) is 42.1 Å². The zero-order valence-corrected chi connectivity index (χ0v) is 21.4. The summed E-state index contributed by atoms with van der Waals surface area (Å²) >= 11 is 0. The van der Waals surface area contributed by atoms with Crippen LogP contribution in [0.25, 0.3) is 22.4 Å². The van der Waals surface area contributed by atoms with Crippen LogP contribution in [0.1, 0.15) is 13.8 Å². The first-order valence-corrected chi connectivity index (χ1v) is 12.0. The number of fused-ring (bicyclic) bond motifs is 1. The van der Waals surface area contributed by atoms with Gasteiger partial charge in [-0.3, -0.25) is 14.6 Å². The van der Waals surface area contributed by atoms with Crippen LogP contribution >= 0.6 is 0 Å². The average Bonchev–Trinajstić information content (AvgIpc) is 3.33. The standard InChI is InChI=1S/C26H25F3N8O3/c1-4-20(38)34-15-6-5-7-16(8-15)40-21-12-32-24-23(37-21)17(9-31-24)18-10-30-11-19(35-18)36-22(14(2)3)25(39)33-13-26(27,28)29/h4-12,14,22H,1,13H2,2-3H3,(H,31,32)(H,33,39)(H,34,38)(H,35,36). The third-order valence-corrected chi connectivity index (χ3v) is 5.49. The lowest BCUT2D eigenvalue weighted by molar-refractivity contribution is -0.139. The molecule has 4 aromatic rings. The number of nitrogens with zero attached hydrogens (tertiary/aromatic N) is 4. The van der Waals surface area contributed by atoms with Gasteiger partial charge in [-0.2, -0.15) is 13.2 Å². The van der Waals surface area contributed by atoms with Crippen LogP contribution in [0.2, 0.25) is 0 Å². The Morgan fingerprint density at radius 3 is 2.70 bits per heavy atom. The van der Waals surface area contributed by atoms with Crippen LogP contribution in [-0.2, 0) is 9.59 Å². The molecule has 11 nitrogen and oxygen atoms in total. The predicted octanol–water partition coefficient (Wildman–Crippen LogP) is 4.45. The normalized spacial score (nSPS) is 12.2. The van der Waals surface area contributed by atoms with Crippen LogP contribution in [0, 0.1) is 5.92 Å². The van der Waals surface area contributed by atoms with Gasteiger partial charge in [0.25, 0.3) is 0 Å². The van der Waals surface area contributed by atoms with E-state index in [1.54, 1.807) is 44.3 Å². The molecule has 0 fully saturated rings. The molecule has 0 aliphatic carbocycles. The summed E-state index contributed by atoms with van der Waals surface area (Å²) < 4.78 is 43.6. The first-order valence-electron chi connectivity index (χ1n) is 12.0. The number of carbonyl (C=O) groups excluding carboxylic acids is 2. The average molecular weight is 555 g/mol. The molecule has 2 amide bonds. The van der Waals surface area contributed by atoms with Crippen LogP contribution in [0.4, 0.5) is 24.7 Å². The molecular weight excluding hydrogens is 529 g/mol. The number of nitrogens with one attached hydrogen (secondary N) is 4. The quantitative estimate of drug-likeness (QED) is 0.210. The molecule has 208 valence electrons. The van der Waals surface area contributed by atoms with Crippen molar-refractivity contribution in [3.05, 3.63) is 61.7 Å². The molecule has 3 heterocycles. The van der Waals surface area contributed by atoms with Crippen molar-refractivity contribution in [2.24, 2.45) is 5.92 Å². The Morgan fingerprint density at radius 2 is 1.98 bits per heavy atom. The molecule has 0 saturated heterocycles. The van der Waals surface area contributed by atoms with Crippen molar-refractivity contribution in [1.29, 1.82) is 0 Å². The molecule has 0 bridgehead atoms. The molecule has 0 aliphatic rings. The molecule has 1 atom stereocenters. The highest BCUT2D eigenvalue weighted by molar-refractivity contribution is 5.99. The van der Waals surface area contributed by atoms with Gasteiger partial charge in [0, 0.05) is 23.5 Å². The molecule has 1 aromatic carbocycles. The fourth-order valence-corrected chi connectivity index (χ4v) is 3.63. The molecule has 14 heteroatoms. The molecule has 4 rings (SSSR count). The van der Waals surface area contributed by atoms with Crippen LogP contribution in [0.3, 0.4) is 0 Å². The third kappa shape index (κ3) is 7.09. The Bertz CT molecular complexity index is 1540. The van der Waals surface area contributed by atoms with E-state index < -0.39 is 24.7 Å². The predicted molar refractivity (Wildman–Crippen MR) is 142 cm³/mol. The van der Waals surface area contributed by atoms with Gasteiger partial charge >= 0.3 is 6.18 Å². The van der Waals surface area contributed by atoms with E-state index in [1.807, 2.05) is 5.32 Å². The van der Waals surface area contributed by atoms with Crippen molar-refractivity contribution in [3.63, 3.8) is 0 Å². The Kier molecular flexibility index (Phi) is 8.26. The van der Waals surface area contributed by atoms with Gasteiger partial charge in [-0.15, -0.1) is 0 Å². The fourth-order valence-electron chi connectivity index (χ4n) is 3.63. The minimum absolute atomic E-state index is 0.170. The first kappa shape index (κ1) is 28.0. The van der Waals surface area contributed by atoms with Crippen molar-refractivity contribution in [2.45, 2.75) is 26.1 Å². The lowest BCUT2D eigenvalue weighted by atomic mass is 10.0. The smallest absolute Gasteiger partial charge is 0.405 e. The maximum absolute atomic E-state index is 12.6. The van der Waals surface area contributed by atoms with Gasteiger partial charge in [0.15, 0.2) is 5.65 Å². The van der Waals surface area contributed by atoms with Gasteiger partial charge in [-0.1, -0.05) is 26.5 Å². The minimum Gasteiger partial charge on any atom is -0.437 e. The maximum atomic E-state index is 12.6. The van der Waals surface area contributed by atoms with Gasteiger partial charge < -0.3 is 25.7 Å². The molecule has 1 unspecified atom stereocenters. The van der Waals surface area contributed by atoms with Crippen molar-refractivity contribution in [2.75, 3.05) is 17.2 Å². The molecule has 0 saturated carbocycles. The van der Waals surface area contributed by atoms with Crippen LogP contribution in [0.5, 0.6) is 11.6 Å². The third-order valence-electron chi connectivity index (χ3n) is 5.49. The second-order valence-electron chi connectivity index (χ2n) is 8.92. The number of anilines is 2. The van der Waals surface area contributed by atoms with Gasteiger partial charge in [-0.05, 0) is 24.1 Å². The van der Waals surface area contributed by atoms with Gasteiger partial charge in [0.05, 0.1) is 24.3 Å². The summed E-state index contributed by atoms with van der Waals surface area (Å²) in [6.45, 7) is 5.38. The summed E-state index contributed by atoms with van der Waals surface area (Å²) in [5, 5.41) is 7.41. The Balaban J connectivity index is 1.56. The van der Waals surface area contributed by atoms with E-state index >= 15 is 0 Å². The number of hydrogen-bond acceptors (Lipinski definition) is 8. The monoisotopic (exact) mass is 554 g/mol. The number of ether oxygens (including phenoxy) is 1. The molecular formula is C26H25F3N8O3. The zero-order chi connectivity index (χ0) is 28.9. The summed E-state index contributed by atoms with van der Waals surface area (Å²) in [5.41, 5.74) is 2.27. The first-order chi connectivity index (χ1) is 19.0. The van der Waals surface area contributed by atoms with E-state index in [0.29, 0.717) is 33.9 Å². The van der Waals surface area contributed by atoms with Crippen LogP contribution in [0.15, 0.2) is 61.7 Å². The summed E-state index contributed by atoms with van der Waals surface area (Å²) in [6.07, 6.45) is 2.52. The number of carbonyl (C=O) groups is 2. The second kappa shape index (κ2) is 11.8. The van der Waals surface area contributed by atoms with Crippen molar-refractivity contribution in [3.8, 4) is 22.9 Å². The largest absolute Gasteiger partial charge is 0.437 e. The van der Waals surface area contributed by atoms with E-state index in [9.17, 15) is 22.8 Å². The number of rotatable bonds is 10. The molecule has 0 radical (unpaired) electrons. The zero-order valence-electron chi connectivity index (χ0n) is 21.4. The summed E-state index contributed by atoms with van der Waals surface area (Å²) in [4.78, 5) is 44.5. The van der Waals surface area contributed by atoms with Gasteiger partial charge in [-0.25, -0.2) is 15.0 Å². The number of benzene rings is 1. The highest BCUT2D eigenvalue weighted by atomic mass is 19.4. The Morgan fingerprint density at radius 1 is 1.18 bits per heavy atom. The molecule has 0 aliphatic heterocycles. The molecule has 40 heavy (non-hydrogen) atoms. The summed E-state index contributed by atoms with van der Waals surface area (Å²) in [6, 6.07) is 5.70. The fraction of sp³-hybridized carbons (Fsp3) is 0.231.